The summed E-state index contributed by atoms with van der Waals surface area (Å²) in [5, 5.41) is 0. The van der Waals surface area contributed by atoms with Crippen molar-refractivity contribution in [1.82, 2.24) is 0 Å². The van der Waals surface area contributed by atoms with Gasteiger partial charge in [-0.3, -0.25) is 0 Å². The van der Waals surface area contributed by atoms with Gasteiger partial charge < -0.3 is 0 Å². The largest absolute Gasteiger partial charge is 0.132 e. The van der Waals surface area contributed by atoms with E-state index in [9.17, 15) is 0 Å². The van der Waals surface area contributed by atoms with E-state index in [4.69, 9.17) is 0 Å². The minimum Gasteiger partial charge on any atom is -0.132 e. The Bertz CT molecular complexity index is 123. The summed E-state index contributed by atoms with van der Waals surface area (Å²) >= 11 is 0. The summed E-state index contributed by atoms with van der Waals surface area (Å²) in [5.41, 5.74) is 5.36. The molecule has 0 saturated heterocycles. The van der Waals surface area contributed by atoms with E-state index in [0.717, 1.165) is 0 Å². The van der Waals surface area contributed by atoms with Gasteiger partial charge in [-0.05, 0) is 12.2 Å². The Balaban J connectivity index is 3.82. The van der Waals surface area contributed by atoms with Crippen LogP contribution in [0, 0.1) is 5.92 Å². The van der Waals surface area contributed by atoms with E-state index in [2.05, 4.69) is 24.6 Å². The van der Waals surface area contributed by atoms with Gasteiger partial charge in [0.05, 0.1) is 0 Å². The van der Waals surface area contributed by atoms with Crippen molar-refractivity contribution >= 4 is 0 Å². The van der Waals surface area contributed by atoms with E-state index in [1.165, 1.54) is 0 Å². The lowest BCUT2D eigenvalue weighted by molar-refractivity contribution is 0.945. The van der Waals surface area contributed by atoms with E-state index in [1.807, 2.05) is 19.1 Å². The van der Waals surface area contributed by atoms with Crippen LogP contribution in [0.15, 0.2) is 36.8 Å². The van der Waals surface area contributed by atoms with Gasteiger partial charge in [-0.2, -0.15) is 0 Å². The van der Waals surface area contributed by atoms with Gasteiger partial charge in [-0.25, -0.2) is 0 Å². The number of rotatable bonds is 2. The van der Waals surface area contributed by atoms with Crippen LogP contribution in [0.25, 0.3) is 0 Å². The molecule has 0 heteroatoms. The van der Waals surface area contributed by atoms with E-state index in [0.29, 0.717) is 5.92 Å². The van der Waals surface area contributed by atoms with Crippen LogP contribution in [0.5, 0.6) is 0 Å². The third kappa shape index (κ3) is 3.24. The molecule has 0 bridgehead atoms. The van der Waals surface area contributed by atoms with Crippen molar-refractivity contribution in [3.05, 3.63) is 36.8 Å². The molecule has 0 amide bonds. The molecule has 0 radical (unpaired) electrons. The molecule has 0 aliphatic rings. The molecule has 0 unspecified atom stereocenters. The van der Waals surface area contributed by atoms with Crippen molar-refractivity contribution in [3.63, 3.8) is 0 Å². The molecule has 0 aromatic rings. The Morgan fingerprint density at radius 3 is 1.88 bits per heavy atom. The molecule has 0 aliphatic carbocycles. The predicted octanol–water partition coefficient (Wildman–Crippen LogP) is 2.30. The number of allylic oxidation sites excluding steroid dienone is 2. The van der Waals surface area contributed by atoms with Crippen molar-refractivity contribution in [2.24, 2.45) is 5.92 Å². The monoisotopic (exact) mass is 106 g/mol. The van der Waals surface area contributed by atoms with Crippen LogP contribution in [0.4, 0.5) is 0 Å². The summed E-state index contributed by atoms with van der Waals surface area (Å²) in [4.78, 5) is 0. The Hall–Kier alpha value is -0.960. The Morgan fingerprint density at radius 1 is 1.25 bits per heavy atom. The van der Waals surface area contributed by atoms with Gasteiger partial charge in [0.2, 0.25) is 0 Å². The lowest BCUT2D eigenvalue weighted by Gasteiger charge is -1.87. The summed E-state index contributed by atoms with van der Waals surface area (Å²) in [5.74, 6) is 0.366. The van der Waals surface area contributed by atoms with E-state index in [1.54, 1.807) is 0 Å². The highest BCUT2D eigenvalue weighted by Crippen LogP contribution is 1.94. The van der Waals surface area contributed by atoms with Crippen LogP contribution in [-0.2, 0) is 0 Å². The lowest BCUT2D eigenvalue weighted by Crippen LogP contribution is -1.76. The highest BCUT2D eigenvalue weighted by molar-refractivity contribution is 4.94. The van der Waals surface area contributed by atoms with Crippen LogP contribution < -0.4 is 0 Å². The second kappa shape index (κ2) is 4.21. The third-order valence-electron chi connectivity index (χ3n) is 0.761. The molecule has 42 valence electrons. The van der Waals surface area contributed by atoms with Gasteiger partial charge in [0.1, 0.15) is 0 Å². The van der Waals surface area contributed by atoms with Crippen LogP contribution >= 0.6 is 0 Å². The molecule has 0 spiro atoms. The molecule has 0 heterocycles. The molecule has 0 aromatic heterocycles. The summed E-state index contributed by atoms with van der Waals surface area (Å²) in [6.07, 6.45) is 3.72. The highest BCUT2D eigenvalue weighted by atomic mass is 13.9. The number of hydrogen-bond acceptors (Lipinski definition) is 0. The molecule has 8 heavy (non-hydrogen) atoms. The fraction of sp³-hybridized carbons (Fsp3) is 0.250. The standard InChI is InChI=1S/C8H10/c1-4-6-8(3)7-5-2/h6-8H,1-2H2,3H3. The zero-order chi connectivity index (χ0) is 6.41. The molecular weight excluding hydrogens is 96.1 g/mol. The van der Waals surface area contributed by atoms with Crippen molar-refractivity contribution in [2.75, 3.05) is 0 Å². The molecule has 0 N–H and O–H groups in total. The summed E-state index contributed by atoms with van der Waals surface area (Å²) in [6, 6.07) is 0. The molecule has 0 aromatic carbocycles. The van der Waals surface area contributed by atoms with Crippen molar-refractivity contribution in [3.8, 4) is 0 Å². The van der Waals surface area contributed by atoms with Gasteiger partial charge >= 0.3 is 0 Å². The average Bonchev–Trinajstić information content (AvgIpc) is 1.68. The first kappa shape index (κ1) is 7.04. The summed E-state index contributed by atoms with van der Waals surface area (Å²) < 4.78 is 0. The quantitative estimate of drug-likeness (QED) is 0.474. The topological polar surface area (TPSA) is 0 Å². The summed E-state index contributed by atoms with van der Waals surface area (Å²) in [7, 11) is 0. The van der Waals surface area contributed by atoms with Crippen LogP contribution in [-0.4, -0.2) is 0 Å². The van der Waals surface area contributed by atoms with Gasteiger partial charge in [0.25, 0.3) is 0 Å². The Kier molecular flexibility index (Phi) is 3.70. The number of hydrogen-bond donors (Lipinski definition) is 0. The first-order valence-electron chi connectivity index (χ1n) is 2.53. The molecule has 0 fully saturated rings. The van der Waals surface area contributed by atoms with Crippen molar-refractivity contribution < 1.29 is 0 Å². The molecule has 0 saturated carbocycles. The van der Waals surface area contributed by atoms with Crippen LogP contribution in [0.2, 0.25) is 0 Å². The van der Waals surface area contributed by atoms with Crippen molar-refractivity contribution in [2.45, 2.75) is 6.92 Å². The van der Waals surface area contributed by atoms with E-state index >= 15 is 0 Å². The van der Waals surface area contributed by atoms with E-state index in [-0.39, 0.29) is 0 Å². The highest BCUT2D eigenvalue weighted by Gasteiger charge is 1.82. The smallest absolute Gasteiger partial charge is 0.00695 e. The SMILES string of the molecule is C=C=CC(C)C=C=C. The van der Waals surface area contributed by atoms with Gasteiger partial charge in [0.15, 0.2) is 0 Å². The van der Waals surface area contributed by atoms with Crippen molar-refractivity contribution in [1.29, 1.82) is 0 Å². The first-order valence-corrected chi connectivity index (χ1v) is 2.53. The summed E-state index contributed by atoms with van der Waals surface area (Å²) in [6.45, 7) is 8.89. The lowest BCUT2D eigenvalue weighted by atomic mass is 10.2. The van der Waals surface area contributed by atoms with Crippen LogP contribution in [0.1, 0.15) is 6.92 Å². The predicted molar refractivity (Wildman–Crippen MR) is 36.6 cm³/mol. The first-order chi connectivity index (χ1) is 3.81. The normalized spacial score (nSPS) is 10.6. The molecule has 0 atom stereocenters. The zero-order valence-electron chi connectivity index (χ0n) is 5.15. The van der Waals surface area contributed by atoms with Gasteiger partial charge in [-0.1, -0.05) is 20.1 Å². The Labute approximate surface area is 50.5 Å². The fourth-order valence-electron chi connectivity index (χ4n) is 0.420. The van der Waals surface area contributed by atoms with Crippen LogP contribution in [0.3, 0.4) is 0 Å². The van der Waals surface area contributed by atoms with Gasteiger partial charge in [0, 0.05) is 5.92 Å². The molecule has 0 rings (SSSR count). The maximum Gasteiger partial charge on any atom is 0.00695 e. The maximum atomic E-state index is 3.43. The minimum atomic E-state index is 0.366. The molecular formula is C8H10. The molecule has 0 nitrogen and oxygen atoms in total. The minimum absolute atomic E-state index is 0.366. The molecule has 0 aliphatic heterocycles. The second-order valence-corrected chi connectivity index (χ2v) is 1.60. The van der Waals surface area contributed by atoms with E-state index < -0.39 is 0 Å². The third-order valence-corrected chi connectivity index (χ3v) is 0.761. The zero-order valence-corrected chi connectivity index (χ0v) is 5.15. The second-order valence-electron chi connectivity index (χ2n) is 1.60. The van der Waals surface area contributed by atoms with Gasteiger partial charge in [-0.15, -0.1) is 11.5 Å². The maximum absolute atomic E-state index is 3.43. The fourth-order valence-corrected chi connectivity index (χ4v) is 0.420. The average molecular weight is 106 g/mol. The Morgan fingerprint density at radius 2 is 1.62 bits per heavy atom.